The molecule has 37 heavy (non-hydrogen) atoms. The normalized spacial score (nSPS) is 23.3. The van der Waals surface area contributed by atoms with Crippen molar-refractivity contribution in [2.24, 2.45) is 12.5 Å². The highest BCUT2D eigenvalue weighted by molar-refractivity contribution is 6.31. The van der Waals surface area contributed by atoms with Crippen molar-refractivity contribution in [3.63, 3.8) is 0 Å². The predicted molar refractivity (Wildman–Crippen MR) is 136 cm³/mol. The van der Waals surface area contributed by atoms with Gasteiger partial charge in [-0.25, -0.2) is 0 Å². The summed E-state index contributed by atoms with van der Waals surface area (Å²) in [6.45, 7) is 0.646. The first-order valence-corrected chi connectivity index (χ1v) is 13.1. The minimum Gasteiger partial charge on any atom is -0.356 e. The maximum absolute atomic E-state index is 13.6. The van der Waals surface area contributed by atoms with Gasteiger partial charge in [0.25, 0.3) is 0 Å². The molecule has 3 aromatic rings. The van der Waals surface area contributed by atoms with Crippen LogP contribution in [0, 0.1) is 5.41 Å². The van der Waals surface area contributed by atoms with E-state index >= 15 is 0 Å². The molecule has 0 aliphatic heterocycles. The van der Waals surface area contributed by atoms with Crippen molar-refractivity contribution >= 4 is 17.5 Å². The zero-order valence-electron chi connectivity index (χ0n) is 20.7. The van der Waals surface area contributed by atoms with Crippen LogP contribution in [0.2, 0.25) is 5.02 Å². The summed E-state index contributed by atoms with van der Waals surface area (Å²) in [4.78, 5) is 12.6. The van der Waals surface area contributed by atoms with Gasteiger partial charge in [-0.2, -0.15) is 13.2 Å². The Labute approximate surface area is 219 Å². The number of fused-ring (bicyclic) bond motifs is 3. The summed E-state index contributed by atoms with van der Waals surface area (Å²) in [5.74, 6) is 1.03. The molecular formula is C28H30ClF3N4O. The Bertz CT molecular complexity index is 1280. The van der Waals surface area contributed by atoms with Gasteiger partial charge in [0.2, 0.25) is 5.91 Å². The molecule has 5 nitrogen and oxygen atoms in total. The fourth-order valence-electron chi connectivity index (χ4n) is 6.14. The van der Waals surface area contributed by atoms with Crippen LogP contribution in [0.4, 0.5) is 13.2 Å². The molecule has 3 fully saturated rings. The van der Waals surface area contributed by atoms with E-state index in [1.165, 1.54) is 12.1 Å². The van der Waals surface area contributed by atoms with E-state index in [1.807, 2.05) is 24.3 Å². The van der Waals surface area contributed by atoms with Crippen molar-refractivity contribution in [1.29, 1.82) is 0 Å². The van der Waals surface area contributed by atoms with Gasteiger partial charge in [-0.15, -0.1) is 10.2 Å². The summed E-state index contributed by atoms with van der Waals surface area (Å²) in [7, 11) is 1.77. The molecular weight excluding hydrogens is 501 g/mol. The van der Waals surface area contributed by atoms with Crippen molar-refractivity contribution in [3.05, 3.63) is 70.5 Å². The molecule has 0 radical (unpaired) electrons. The first-order valence-electron chi connectivity index (χ1n) is 12.7. The third-order valence-corrected chi connectivity index (χ3v) is 8.83. The van der Waals surface area contributed by atoms with E-state index in [0.717, 1.165) is 56.0 Å². The topological polar surface area (TPSA) is 59.8 Å². The summed E-state index contributed by atoms with van der Waals surface area (Å²) in [5, 5.41) is 12.5. The second-order valence-electron chi connectivity index (χ2n) is 10.6. The zero-order chi connectivity index (χ0) is 26.3. The number of hydrogen-bond donors (Lipinski definition) is 1. The minimum absolute atomic E-state index is 0.0259. The maximum atomic E-state index is 13.6. The van der Waals surface area contributed by atoms with E-state index < -0.39 is 11.7 Å². The Morgan fingerprint density at radius 1 is 1.00 bits per heavy atom. The summed E-state index contributed by atoms with van der Waals surface area (Å²) < 4.78 is 42.6. The average Bonchev–Trinajstić information content (AvgIpc) is 3.29. The molecule has 1 heterocycles. The molecule has 2 aromatic carbocycles. The van der Waals surface area contributed by atoms with E-state index in [4.69, 9.17) is 11.6 Å². The Morgan fingerprint density at radius 3 is 2.32 bits per heavy atom. The van der Waals surface area contributed by atoms with Crippen LogP contribution in [0.3, 0.4) is 0 Å². The maximum Gasteiger partial charge on any atom is 0.417 e. The standard InChI is InChI=1S/C28H30ClF3N4O/c1-36-24(20-7-3-4-8-21(20)28(30,31)32)34-35-25(36)27-15-12-26(13-16-27,14-17-27)18-33-23(37)11-10-19-6-2-5-9-22(19)29/h2-9H,10-18H2,1H3,(H,33,37). The largest absolute Gasteiger partial charge is 0.417 e. The van der Waals surface area contributed by atoms with Crippen molar-refractivity contribution in [1.82, 2.24) is 20.1 Å². The second-order valence-corrected chi connectivity index (χ2v) is 11.0. The highest BCUT2D eigenvalue weighted by atomic mass is 35.5. The van der Waals surface area contributed by atoms with Crippen molar-refractivity contribution < 1.29 is 18.0 Å². The summed E-state index contributed by atoms with van der Waals surface area (Å²) >= 11 is 6.20. The number of carbonyl (C=O) groups is 1. The van der Waals surface area contributed by atoms with Crippen LogP contribution in [-0.2, 0) is 29.9 Å². The number of aryl methyl sites for hydroxylation is 1. The SMILES string of the molecule is Cn1c(-c2ccccc2C(F)(F)F)nnc1C12CCC(CNC(=O)CCc3ccccc3Cl)(CC1)CC2. The zero-order valence-corrected chi connectivity index (χ0v) is 21.5. The first-order chi connectivity index (χ1) is 17.6. The van der Waals surface area contributed by atoms with Crippen LogP contribution >= 0.6 is 11.6 Å². The van der Waals surface area contributed by atoms with Gasteiger partial charge in [0.15, 0.2) is 5.82 Å². The molecule has 0 spiro atoms. The van der Waals surface area contributed by atoms with E-state index in [0.29, 0.717) is 24.4 Å². The van der Waals surface area contributed by atoms with Crippen LogP contribution in [0.25, 0.3) is 11.4 Å². The number of benzene rings is 2. The molecule has 1 N–H and O–H groups in total. The molecule has 6 rings (SSSR count). The van der Waals surface area contributed by atoms with Gasteiger partial charge in [-0.1, -0.05) is 48.0 Å². The molecule has 3 aliphatic rings. The Hall–Kier alpha value is -2.87. The lowest BCUT2D eigenvalue weighted by Gasteiger charge is -2.52. The molecule has 3 saturated carbocycles. The molecule has 0 unspecified atom stereocenters. The van der Waals surface area contributed by atoms with Crippen LogP contribution in [0.5, 0.6) is 0 Å². The number of rotatable bonds is 7. The first kappa shape index (κ1) is 25.8. The smallest absolute Gasteiger partial charge is 0.356 e. The molecule has 0 saturated heterocycles. The Morgan fingerprint density at radius 2 is 1.65 bits per heavy atom. The number of carbonyl (C=O) groups excluding carboxylic acids is 1. The van der Waals surface area contributed by atoms with Crippen molar-refractivity contribution in [2.45, 2.75) is 63.0 Å². The van der Waals surface area contributed by atoms with Gasteiger partial charge in [-0.3, -0.25) is 4.79 Å². The molecule has 9 heteroatoms. The van der Waals surface area contributed by atoms with Crippen LogP contribution in [0.1, 0.15) is 61.9 Å². The number of alkyl halides is 3. The van der Waals surface area contributed by atoms with E-state index in [9.17, 15) is 18.0 Å². The predicted octanol–water partition coefficient (Wildman–Crippen LogP) is 6.50. The number of amides is 1. The van der Waals surface area contributed by atoms with Crippen LogP contribution in [0.15, 0.2) is 48.5 Å². The monoisotopic (exact) mass is 530 g/mol. The highest BCUT2D eigenvalue weighted by Crippen LogP contribution is 2.57. The van der Waals surface area contributed by atoms with Crippen LogP contribution < -0.4 is 5.32 Å². The van der Waals surface area contributed by atoms with Gasteiger partial charge in [0.1, 0.15) is 5.82 Å². The highest BCUT2D eigenvalue weighted by Gasteiger charge is 2.51. The summed E-state index contributed by atoms with van der Waals surface area (Å²) in [6, 6.07) is 13.1. The van der Waals surface area contributed by atoms with E-state index in [-0.39, 0.29) is 28.1 Å². The van der Waals surface area contributed by atoms with Gasteiger partial charge in [0.05, 0.1) is 5.56 Å². The van der Waals surface area contributed by atoms with E-state index in [2.05, 4.69) is 15.5 Å². The minimum atomic E-state index is -4.46. The van der Waals surface area contributed by atoms with Gasteiger partial charge in [0, 0.05) is 36.0 Å². The third-order valence-electron chi connectivity index (χ3n) is 8.46. The van der Waals surface area contributed by atoms with Crippen molar-refractivity contribution in [3.8, 4) is 11.4 Å². The van der Waals surface area contributed by atoms with E-state index in [1.54, 1.807) is 17.7 Å². The summed E-state index contributed by atoms with van der Waals surface area (Å²) in [5.41, 5.74) is 0.188. The number of nitrogens with one attached hydrogen (secondary N) is 1. The summed E-state index contributed by atoms with van der Waals surface area (Å²) in [6.07, 6.45) is 2.02. The van der Waals surface area contributed by atoms with Crippen LogP contribution in [-0.4, -0.2) is 27.2 Å². The fourth-order valence-corrected chi connectivity index (χ4v) is 6.37. The molecule has 3 aliphatic carbocycles. The molecule has 0 atom stereocenters. The number of halogens is 4. The molecule has 1 amide bonds. The lowest BCUT2D eigenvalue weighted by Crippen LogP contribution is -2.50. The fraction of sp³-hybridized carbons (Fsp3) is 0.464. The lowest BCUT2D eigenvalue weighted by atomic mass is 9.53. The number of nitrogens with zero attached hydrogens (tertiary/aromatic N) is 3. The van der Waals surface area contributed by atoms with Gasteiger partial charge >= 0.3 is 6.18 Å². The quantitative estimate of drug-likeness (QED) is 0.379. The number of aromatic nitrogens is 3. The van der Waals surface area contributed by atoms with Crippen molar-refractivity contribution in [2.75, 3.05) is 6.54 Å². The third kappa shape index (κ3) is 5.00. The Kier molecular flexibility index (Phi) is 6.81. The Balaban J connectivity index is 1.24. The average molecular weight is 531 g/mol. The molecule has 1 aromatic heterocycles. The van der Waals surface area contributed by atoms with Gasteiger partial charge < -0.3 is 9.88 Å². The molecule has 2 bridgehead atoms. The molecule has 196 valence electrons. The number of hydrogen-bond acceptors (Lipinski definition) is 3. The lowest BCUT2D eigenvalue weighted by molar-refractivity contribution is -0.137. The van der Waals surface area contributed by atoms with Gasteiger partial charge in [-0.05, 0) is 68.1 Å². The second kappa shape index (κ2) is 9.78.